The van der Waals surface area contributed by atoms with Gasteiger partial charge in [0.25, 0.3) is 0 Å². The van der Waals surface area contributed by atoms with Crippen molar-refractivity contribution < 1.29 is 10.2 Å². The molecule has 5 nitrogen and oxygen atoms in total. The van der Waals surface area contributed by atoms with E-state index in [1.54, 1.807) is 12.4 Å². The molecule has 0 radical (unpaired) electrons. The maximum atomic E-state index is 10.8. The van der Waals surface area contributed by atoms with E-state index in [0.29, 0.717) is 13.1 Å². The number of hydrogen-bond acceptors (Lipinski definition) is 4. The van der Waals surface area contributed by atoms with E-state index in [0.717, 1.165) is 25.1 Å². The molecule has 4 rings (SSSR count). The molecule has 0 saturated heterocycles. The summed E-state index contributed by atoms with van der Waals surface area (Å²) >= 11 is 0. The van der Waals surface area contributed by atoms with Gasteiger partial charge in [0.1, 0.15) is 0 Å². The molecule has 5 heteroatoms. The van der Waals surface area contributed by atoms with Gasteiger partial charge in [-0.05, 0) is 56.2 Å². The smallest absolute Gasteiger partial charge is 0.0970 e. The molecule has 1 atom stereocenters. The number of nitrogens with zero attached hydrogens (tertiary/aromatic N) is 3. The Balaban J connectivity index is 1.72. The summed E-state index contributed by atoms with van der Waals surface area (Å²) in [5.74, 6) is 0. The minimum Gasteiger partial charge on any atom is -0.389 e. The standard InChI is InChI=1S/C23H29N3O2/c1-16-4-5-20-18(12-16)19-13-25(15-23(2,3)28)11-8-21(19)26(20)14-22(27)17-6-9-24-10-7-17/h4-7,9-10,12,22,27-28H,8,11,13-15H2,1-3H3. The van der Waals surface area contributed by atoms with Crippen molar-refractivity contribution in [2.24, 2.45) is 0 Å². The lowest BCUT2D eigenvalue weighted by Gasteiger charge is -2.32. The van der Waals surface area contributed by atoms with E-state index in [1.165, 1.54) is 27.7 Å². The van der Waals surface area contributed by atoms with Gasteiger partial charge in [0, 0.05) is 55.0 Å². The van der Waals surface area contributed by atoms with Gasteiger partial charge in [-0.2, -0.15) is 0 Å². The van der Waals surface area contributed by atoms with Crippen LogP contribution in [0.4, 0.5) is 0 Å². The van der Waals surface area contributed by atoms with Crippen LogP contribution in [0, 0.1) is 6.92 Å². The largest absolute Gasteiger partial charge is 0.389 e. The van der Waals surface area contributed by atoms with Crippen molar-refractivity contribution in [2.45, 2.75) is 52.0 Å². The number of β-amino-alcohol motifs (C(OH)–C–C–N with tert-alkyl or cyclic N) is 1. The second-order valence-electron chi connectivity index (χ2n) is 8.63. The number of benzene rings is 1. The van der Waals surface area contributed by atoms with Crippen LogP contribution in [-0.4, -0.2) is 43.4 Å². The van der Waals surface area contributed by atoms with Gasteiger partial charge in [-0.15, -0.1) is 0 Å². The SMILES string of the molecule is Cc1ccc2c(c1)c1c(n2CC(O)c2ccncc2)CCN(CC(C)(C)O)C1. The molecular formula is C23H29N3O2. The highest BCUT2D eigenvalue weighted by Crippen LogP contribution is 2.33. The molecule has 28 heavy (non-hydrogen) atoms. The predicted molar refractivity (Wildman–Crippen MR) is 111 cm³/mol. The molecule has 0 bridgehead atoms. The van der Waals surface area contributed by atoms with Gasteiger partial charge in [-0.25, -0.2) is 0 Å². The second kappa shape index (κ2) is 7.32. The van der Waals surface area contributed by atoms with Crippen LogP contribution in [0.2, 0.25) is 0 Å². The van der Waals surface area contributed by atoms with Crippen molar-refractivity contribution in [1.29, 1.82) is 0 Å². The maximum absolute atomic E-state index is 10.8. The van der Waals surface area contributed by atoms with Crippen LogP contribution >= 0.6 is 0 Å². The Kier molecular flexibility index (Phi) is 5.00. The van der Waals surface area contributed by atoms with E-state index in [1.807, 2.05) is 26.0 Å². The monoisotopic (exact) mass is 379 g/mol. The van der Waals surface area contributed by atoms with Crippen LogP contribution < -0.4 is 0 Å². The van der Waals surface area contributed by atoms with Crippen LogP contribution in [0.3, 0.4) is 0 Å². The van der Waals surface area contributed by atoms with Crippen molar-refractivity contribution in [2.75, 3.05) is 13.1 Å². The van der Waals surface area contributed by atoms with Gasteiger partial charge in [-0.1, -0.05) is 11.6 Å². The summed E-state index contributed by atoms with van der Waals surface area (Å²) in [6.07, 6.45) is 3.79. The highest BCUT2D eigenvalue weighted by molar-refractivity contribution is 5.86. The normalized spacial score (nSPS) is 16.3. The fourth-order valence-electron chi connectivity index (χ4n) is 4.37. The lowest BCUT2D eigenvalue weighted by atomic mass is 10.0. The van der Waals surface area contributed by atoms with E-state index in [-0.39, 0.29) is 0 Å². The van der Waals surface area contributed by atoms with E-state index < -0.39 is 11.7 Å². The number of hydrogen-bond donors (Lipinski definition) is 2. The molecule has 3 aromatic rings. The van der Waals surface area contributed by atoms with Gasteiger partial charge >= 0.3 is 0 Å². The number of fused-ring (bicyclic) bond motifs is 3. The van der Waals surface area contributed by atoms with Crippen molar-refractivity contribution in [3.8, 4) is 0 Å². The predicted octanol–water partition coefficient (Wildman–Crippen LogP) is 3.21. The highest BCUT2D eigenvalue weighted by atomic mass is 16.3. The first-order chi connectivity index (χ1) is 13.3. The van der Waals surface area contributed by atoms with E-state index in [4.69, 9.17) is 0 Å². The Labute approximate surface area is 166 Å². The topological polar surface area (TPSA) is 61.5 Å². The molecule has 3 heterocycles. The van der Waals surface area contributed by atoms with Crippen molar-refractivity contribution in [3.63, 3.8) is 0 Å². The third-order valence-corrected chi connectivity index (χ3v) is 5.55. The number of aromatic nitrogens is 2. The number of pyridine rings is 1. The van der Waals surface area contributed by atoms with E-state index in [2.05, 4.69) is 39.6 Å². The summed E-state index contributed by atoms with van der Waals surface area (Å²) in [7, 11) is 0. The van der Waals surface area contributed by atoms with Crippen LogP contribution in [0.5, 0.6) is 0 Å². The van der Waals surface area contributed by atoms with Crippen molar-refractivity contribution >= 4 is 10.9 Å². The third-order valence-electron chi connectivity index (χ3n) is 5.55. The molecule has 0 aliphatic carbocycles. The Hall–Kier alpha value is -2.21. The maximum Gasteiger partial charge on any atom is 0.0970 e. The Morgan fingerprint density at radius 2 is 1.93 bits per heavy atom. The summed E-state index contributed by atoms with van der Waals surface area (Å²) in [6, 6.07) is 10.3. The number of rotatable bonds is 5. The van der Waals surface area contributed by atoms with Crippen LogP contribution in [-0.2, 0) is 19.5 Å². The van der Waals surface area contributed by atoms with Gasteiger partial charge in [0.2, 0.25) is 0 Å². The minimum absolute atomic E-state index is 0.532. The molecule has 2 aromatic heterocycles. The zero-order valence-electron chi connectivity index (χ0n) is 16.9. The first kappa shape index (κ1) is 19.1. The van der Waals surface area contributed by atoms with Crippen molar-refractivity contribution in [3.05, 3.63) is 65.1 Å². The first-order valence-electron chi connectivity index (χ1n) is 9.95. The van der Waals surface area contributed by atoms with E-state index >= 15 is 0 Å². The van der Waals surface area contributed by atoms with Gasteiger partial charge in [0.05, 0.1) is 18.2 Å². The molecule has 1 aliphatic heterocycles. The lowest BCUT2D eigenvalue weighted by Crippen LogP contribution is -2.41. The summed E-state index contributed by atoms with van der Waals surface area (Å²) in [4.78, 5) is 6.38. The molecule has 0 saturated carbocycles. The fourth-order valence-corrected chi connectivity index (χ4v) is 4.37. The van der Waals surface area contributed by atoms with Gasteiger partial charge in [0.15, 0.2) is 0 Å². The van der Waals surface area contributed by atoms with Crippen LogP contribution in [0.25, 0.3) is 10.9 Å². The minimum atomic E-state index is -0.705. The molecule has 1 unspecified atom stereocenters. The Bertz CT molecular complexity index is 973. The fraction of sp³-hybridized carbons (Fsp3) is 0.435. The first-order valence-corrected chi connectivity index (χ1v) is 9.95. The molecule has 148 valence electrons. The molecule has 0 amide bonds. The molecule has 0 fully saturated rings. The molecule has 1 aromatic carbocycles. The van der Waals surface area contributed by atoms with E-state index in [9.17, 15) is 10.2 Å². The number of aliphatic hydroxyl groups excluding tert-OH is 1. The number of aryl methyl sites for hydroxylation is 1. The summed E-state index contributed by atoms with van der Waals surface area (Å²) < 4.78 is 2.29. The average molecular weight is 380 g/mol. The average Bonchev–Trinajstić information content (AvgIpc) is 2.94. The van der Waals surface area contributed by atoms with Crippen molar-refractivity contribution in [1.82, 2.24) is 14.5 Å². The van der Waals surface area contributed by atoms with Crippen LogP contribution in [0.15, 0.2) is 42.7 Å². The molecule has 2 N–H and O–H groups in total. The molecule has 1 aliphatic rings. The lowest BCUT2D eigenvalue weighted by molar-refractivity contribution is 0.0315. The van der Waals surface area contributed by atoms with Gasteiger partial charge < -0.3 is 14.8 Å². The Morgan fingerprint density at radius 3 is 2.64 bits per heavy atom. The summed E-state index contributed by atoms with van der Waals surface area (Å²) in [5.41, 5.74) is 5.23. The molecule has 0 spiro atoms. The third kappa shape index (κ3) is 3.83. The van der Waals surface area contributed by atoms with Crippen LogP contribution in [0.1, 0.15) is 42.3 Å². The second-order valence-corrected chi connectivity index (χ2v) is 8.63. The highest BCUT2D eigenvalue weighted by Gasteiger charge is 2.27. The summed E-state index contributed by atoms with van der Waals surface area (Å²) in [6.45, 7) is 8.78. The molecular weight excluding hydrogens is 350 g/mol. The Morgan fingerprint density at radius 1 is 1.18 bits per heavy atom. The quantitative estimate of drug-likeness (QED) is 0.715. The number of aliphatic hydroxyl groups is 2. The van der Waals surface area contributed by atoms with Gasteiger partial charge in [-0.3, -0.25) is 9.88 Å². The zero-order valence-corrected chi connectivity index (χ0v) is 16.9. The summed E-state index contributed by atoms with van der Waals surface area (Å²) in [5, 5.41) is 22.3. The zero-order chi connectivity index (χ0) is 19.9.